The summed E-state index contributed by atoms with van der Waals surface area (Å²) in [5.41, 5.74) is 1.97. The Balaban J connectivity index is 1.87. The van der Waals surface area contributed by atoms with E-state index in [1.807, 2.05) is 32.0 Å². The van der Waals surface area contributed by atoms with Crippen LogP contribution in [0.4, 0.5) is 5.69 Å². The van der Waals surface area contributed by atoms with E-state index in [1.165, 1.54) is 0 Å². The molecule has 0 amide bonds. The first kappa shape index (κ1) is 14.0. The fourth-order valence-electron chi connectivity index (χ4n) is 1.68. The van der Waals surface area contributed by atoms with Gasteiger partial charge in [0.15, 0.2) is 0 Å². The number of methoxy groups -OCH3 is 1. The zero-order valence-electron chi connectivity index (χ0n) is 11.6. The molecule has 19 heavy (non-hydrogen) atoms. The predicted molar refractivity (Wildman–Crippen MR) is 80.8 cm³/mol. The topological polar surface area (TPSA) is 34.1 Å². The minimum absolute atomic E-state index is 0.296. The first-order chi connectivity index (χ1) is 9.12. The molecule has 0 bridgehead atoms. The van der Waals surface area contributed by atoms with Gasteiger partial charge < -0.3 is 10.1 Å². The van der Waals surface area contributed by atoms with Crippen molar-refractivity contribution in [3.05, 3.63) is 46.4 Å². The van der Waals surface area contributed by atoms with Crippen molar-refractivity contribution in [1.29, 1.82) is 0 Å². The number of hydrogen-bond acceptors (Lipinski definition) is 4. The number of thiazole rings is 1. The molecular formula is C15H20N2OS. The fourth-order valence-corrected chi connectivity index (χ4v) is 2.63. The van der Waals surface area contributed by atoms with Gasteiger partial charge in [0.2, 0.25) is 0 Å². The average molecular weight is 276 g/mol. The maximum absolute atomic E-state index is 5.44. The van der Waals surface area contributed by atoms with E-state index in [1.54, 1.807) is 18.4 Å². The molecule has 3 nitrogen and oxygen atoms in total. The van der Waals surface area contributed by atoms with Crippen LogP contribution in [0.5, 0.6) is 0 Å². The molecule has 1 heterocycles. The number of anilines is 1. The smallest absolute Gasteiger partial charge is 0.124 e. The third kappa shape index (κ3) is 3.78. The average Bonchev–Trinajstić information content (AvgIpc) is 2.90. The third-order valence-corrected chi connectivity index (χ3v) is 4.26. The van der Waals surface area contributed by atoms with Crippen molar-refractivity contribution in [3.63, 3.8) is 0 Å². The van der Waals surface area contributed by atoms with Crippen molar-refractivity contribution in [2.45, 2.75) is 25.9 Å². The van der Waals surface area contributed by atoms with Crippen LogP contribution in [0.3, 0.4) is 0 Å². The van der Waals surface area contributed by atoms with Gasteiger partial charge in [-0.05, 0) is 26.0 Å². The molecule has 1 aromatic carbocycles. The van der Waals surface area contributed by atoms with Crippen LogP contribution in [0.15, 0.2) is 35.7 Å². The van der Waals surface area contributed by atoms with E-state index < -0.39 is 0 Å². The van der Waals surface area contributed by atoms with E-state index in [0.717, 1.165) is 29.4 Å². The summed E-state index contributed by atoms with van der Waals surface area (Å²) in [6, 6.07) is 10.2. The lowest BCUT2D eigenvalue weighted by Gasteiger charge is -2.19. The summed E-state index contributed by atoms with van der Waals surface area (Å²) >= 11 is 1.66. The zero-order chi connectivity index (χ0) is 13.7. The summed E-state index contributed by atoms with van der Waals surface area (Å²) in [6.07, 6.45) is 0.922. The lowest BCUT2D eigenvalue weighted by molar-refractivity contribution is 0.0189. The molecule has 0 spiro atoms. The molecule has 0 aliphatic carbocycles. The second kappa shape index (κ2) is 6.17. The van der Waals surface area contributed by atoms with E-state index in [0.29, 0.717) is 0 Å². The van der Waals surface area contributed by atoms with Crippen LogP contribution in [-0.2, 0) is 16.8 Å². The summed E-state index contributed by atoms with van der Waals surface area (Å²) in [6.45, 7) is 4.97. The zero-order valence-corrected chi connectivity index (χ0v) is 12.5. The maximum Gasteiger partial charge on any atom is 0.124 e. The Bertz CT molecular complexity index is 508. The molecule has 102 valence electrons. The number of aromatic nitrogens is 1. The Kier molecular flexibility index (Phi) is 4.56. The van der Waals surface area contributed by atoms with E-state index in [2.05, 4.69) is 27.8 Å². The van der Waals surface area contributed by atoms with Gasteiger partial charge in [-0.1, -0.05) is 18.2 Å². The van der Waals surface area contributed by atoms with Crippen molar-refractivity contribution < 1.29 is 4.74 Å². The van der Waals surface area contributed by atoms with Crippen LogP contribution >= 0.6 is 11.3 Å². The van der Waals surface area contributed by atoms with Gasteiger partial charge in [-0.15, -0.1) is 11.3 Å². The summed E-state index contributed by atoms with van der Waals surface area (Å²) < 4.78 is 5.44. The number of para-hydroxylation sites is 1. The monoisotopic (exact) mass is 276 g/mol. The highest BCUT2D eigenvalue weighted by atomic mass is 32.1. The van der Waals surface area contributed by atoms with Crippen LogP contribution in [0, 0.1) is 0 Å². The quantitative estimate of drug-likeness (QED) is 0.874. The van der Waals surface area contributed by atoms with Gasteiger partial charge >= 0.3 is 0 Å². The molecule has 0 saturated heterocycles. The Morgan fingerprint density at radius 3 is 2.68 bits per heavy atom. The van der Waals surface area contributed by atoms with Gasteiger partial charge in [0.25, 0.3) is 0 Å². The Labute approximate surface area is 118 Å². The molecule has 0 unspecified atom stereocenters. The summed E-state index contributed by atoms with van der Waals surface area (Å²) in [4.78, 5) is 4.64. The largest absolute Gasteiger partial charge is 0.385 e. The highest BCUT2D eigenvalue weighted by molar-refractivity contribution is 7.09. The third-order valence-electron chi connectivity index (χ3n) is 3.06. The van der Waals surface area contributed by atoms with E-state index in [9.17, 15) is 0 Å². The molecule has 0 atom stereocenters. The van der Waals surface area contributed by atoms with Crippen molar-refractivity contribution in [2.75, 3.05) is 19.0 Å². The minimum Gasteiger partial charge on any atom is -0.385 e. The molecule has 0 fully saturated rings. The molecule has 2 rings (SSSR count). The van der Waals surface area contributed by atoms with Crippen LogP contribution in [0.1, 0.15) is 24.5 Å². The first-order valence-corrected chi connectivity index (χ1v) is 7.29. The number of rotatable bonds is 6. The van der Waals surface area contributed by atoms with Crippen LogP contribution < -0.4 is 5.32 Å². The minimum atomic E-state index is -0.296. The van der Waals surface area contributed by atoms with Crippen LogP contribution in [0.2, 0.25) is 0 Å². The number of ether oxygens (including phenoxy) is 1. The van der Waals surface area contributed by atoms with Crippen molar-refractivity contribution in [2.24, 2.45) is 0 Å². The lowest BCUT2D eigenvalue weighted by Crippen LogP contribution is -2.19. The Hall–Kier alpha value is -1.39. The van der Waals surface area contributed by atoms with Crippen molar-refractivity contribution in [3.8, 4) is 0 Å². The van der Waals surface area contributed by atoms with Crippen LogP contribution in [0.25, 0.3) is 0 Å². The van der Waals surface area contributed by atoms with E-state index in [-0.39, 0.29) is 5.60 Å². The van der Waals surface area contributed by atoms with Gasteiger partial charge in [0.1, 0.15) is 10.6 Å². The molecule has 0 radical (unpaired) electrons. The number of nitrogens with one attached hydrogen (secondary N) is 1. The summed E-state index contributed by atoms with van der Waals surface area (Å²) in [7, 11) is 1.72. The van der Waals surface area contributed by atoms with E-state index >= 15 is 0 Å². The molecule has 0 aliphatic heterocycles. The fraction of sp³-hybridized carbons (Fsp3) is 0.400. The second-order valence-corrected chi connectivity index (χ2v) is 5.76. The Morgan fingerprint density at radius 1 is 1.26 bits per heavy atom. The van der Waals surface area contributed by atoms with Gasteiger partial charge in [0, 0.05) is 31.1 Å². The summed E-state index contributed by atoms with van der Waals surface area (Å²) in [5, 5.41) is 6.53. The van der Waals surface area contributed by atoms with Crippen molar-refractivity contribution in [1.82, 2.24) is 4.98 Å². The van der Waals surface area contributed by atoms with Gasteiger partial charge in [-0.2, -0.15) is 0 Å². The normalized spacial score (nSPS) is 11.5. The van der Waals surface area contributed by atoms with Gasteiger partial charge in [-0.25, -0.2) is 4.98 Å². The van der Waals surface area contributed by atoms with Crippen molar-refractivity contribution >= 4 is 17.0 Å². The second-order valence-electron chi connectivity index (χ2n) is 4.90. The lowest BCUT2D eigenvalue weighted by atomic mass is 10.1. The molecule has 0 aliphatic rings. The van der Waals surface area contributed by atoms with Crippen LogP contribution in [-0.4, -0.2) is 18.6 Å². The molecule has 1 N–H and O–H groups in total. The number of nitrogens with zero attached hydrogens (tertiary/aromatic N) is 1. The molecule has 4 heteroatoms. The predicted octanol–water partition coefficient (Wildman–Crippen LogP) is 3.68. The highest BCUT2D eigenvalue weighted by Crippen LogP contribution is 2.26. The number of hydrogen-bond donors (Lipinski definition) is 1. The molecular weight excluding hydrogens is 256 g/mol. The highest BCUT2D eigenvalue weighted by Gasteiger charge is 2.23. The maximum atomic E-state index is 5.44. The molecule has 2 aromatic rings. The van der Waals surface area contributed by atoms with E-state index in [4.69, 9.17) is 4.74 Å². The molecule has 0 saturated carbocycles. The SMILES string of the molecule is COC(C)(C)c1nc(CCNc2ccccc2)cs1. The Morgan fingerprint density at radius 2 is 2.00 bits per heavy atom. The van der Waals surface area contributed by atoms with Gasteiger partial charge in [-0.3, -0.25) is 0 Å². The molecule has 1 aromatic heterocycles. The number of benzene rings is 1. The standard InChI is InChI=1S/C15H20N2OS/c1-15(2,18-3)14-17-13(11-19-14)9-10-16-12-7-5-4-6-8-12/h4-8,11,16H,9-10H2,1-3H3. The summed E-state index contributed by atoms with van der Waals surface area (Å²) in [5.74, 6) is 0. The van der Waals surface area contributed by atoms with Gasteiger partial charge in [0.05, 0.1) is 5.69 Å². The first-order valence-electron chi connectivity index (χ1n) is 6.41.